The number of hydrogen-bond donors (Lipinski definition) is 2. The highest BCUT2D eigenvalue weighted by Gasteiger charge is 2.23. The molecule has 1 rings (SSSR count). The number of benzene rings is 1. The van der Waals surface area contributed by atoms with E-state index in [1.807, 2.05) is 0 Å². The molecule has 0 fully saturated rings. The quantitative estimate of drug-likeness (QED) is 0.760. The first-order valence-electron chi connectivity index (χ1n) is 5.02. The Morgan fingerprint density at radius 2 is 2.00 bits per heavy atom. The van der Waals surface area contributed by atoms with E-state index in [1.165, 1.54) is 0 Å². The van der Waals surface area contributed by atoms with Crippen LogP contribution in [0.15, 0.2) is 18.2 Å². The Labute approximate surface area is 93.5 Å². The molecule has 4 nitrogen and oxygen atoms in total. The van der Waals surface area contributed by atoms with Gasteiger partial charge in [0, 0.05) is 17.5 Å². The van der Waals surface area contributed by atoms with Gasteiger partial charge in [-0.05, 0) is 12.5 Å². The lowest BCUT2D eigenvalue weighted by Gasteiger charge is -2.13. The van der Waals surface area contributed by atoms with Crippen LogP contribution >= 0.6 is 0 Å². The fourth-order valence-electron chi connectivity index (χ4n) is 1.60. The number of rotatable bonds is 4. The molecule has 1 aromatic carbocycles. The fraction of sp³-hybridized carbons (Fsp3) is 0.333. The van der Waals surface area contributed by atoms with Crippen LogP contribution in [0.2, 0.25) is 0 Å². The lowest BCUT2D eigenvalue weighted by molar-refractivity contribution is -0.147. The monoisotopic (exact) mass is 222 g/mol. The van der Waals surface area contributed by atoms with Gasteiger partial charge >= 0.3 is 5.97 Å². The maximum Gasteiger partial charge on any atom is 0.337 e. The van der Waals surface area contributed by atoms with Gasteiger partial charge in [-0.1, -0.05) is 25.1 Å². The first-order chi connectivity index (χ1) is 7.49. The predicted molar refractivity (Wildman–Crippen MR) is 58.4 cm³/mol. The number of hydrogen-bond acceptors (Lipinski definition) is 3. The van der Waals surface area contributed by atoms with E-state index in [0.29, 0.717) is 5.56 Å². The van der Waals surface area contributed by atoms with E-state index in [-0.39, 0.29) is 23.3 Å². The lowest BCUT2D eigenvalue weighted by Crippen LogP contribution is -2.16. The maximum atomic E-state index is 11.6. The molecule has 86 valence electrons. The molecule has 0 aromatic heterocycles. The van der Waals surface area contributed by atoms with Crippen LogP contribution in [0.5, 0.6) is 0 Å². The minimum Gasteiger partial charge on any atom is -0.479 e. The standard InChI is InChI=1S/C12H14O4/c1-3-9(13)8-6-4-5-7(2)10(8)11(14)12(15)16/h4-6,11,14H,3H2,1-2H3,(H,15,16). The normalized spacial score (nSPS) is 12.2. The van der Waals surface area contributed by atoms with Crippen LogP contribution in [-0.4, -0.2) is 22.0 Å². The Balaban J connectivity index is 3.34. The van der Waals surface area contributed by atoms with Gasteiger partial charge in [0.1, 0.15) is 0 Å². The summed E-state index contributed by atoms with van der Waals surface area (Å²) in [5, 5.41) is 18.3. The zero-order valence-electron chi connectivity index (χ0n) is 9.23. The smallest absolute Gasteiger partial charge is 0.337 e. The van der Waals surface area contributed by atoms with E-state index in [0.717, 1.165) is 0 Å². The Morgan fingerprint density at radius 3 is 2.50 bits per heavy atom. The Bertz CT molecular complexity index is 423. The van der Waals surface area contributed by atoms with E-state index in [4.69, 9.17) is 5.11 Å². The van der Waals surface area contributed by atoms with Gasteiger partial charge in [0.25, 0.3) is 0 Å². The molecule has 0 heterocycles. The molecule has 0 spiro atoms. The van der Waals surface area contributed by atoms with Crippen molar-refractivity contribution < 1.29 is 19.8 Å². The van der Waals surface area contributed by atoms with Crippen molar-refractivity contribution in [3.63, 3.8) is 0 Å². The van der Waals surface area contributed by atoms with Crippen molar-refractivity contribution in [2.75, 3.05) is 0 Å². The molecule has 0 aliphatic rings. The molecule has 0 aliphatic heterocycles. The number of aliphatic hydroxyl groups is 1. The summed E-state index contributed by atoms with van der Waals surface area (Å²) in [4.78, 5) is 22.4. The van der Waals surface area contributed by atoms with Crippen molar-refractivity contribution in [1.82, 2.24) is 0 Å². The number of aliphatic carboxylic acids is 1. The van der Waals surface area contributed by atoms with Crippen molar-refractivity contribution in [2.24, 2.45) is 0 Å². The second-order valence-electron chi connectivity index (χ2n) is 3.55. The third-order valence-electron chi connectivity index (χ3n) is 2.45. The van der Waals surface area contributed by atoms with Crippen molar-refractivity contribution in [3.05, 3.63) is 34.9 Å². The van der Waals surface area contributed by atoms with Gasteiger partial charge in [-0.25, -0.2) is 4.79 Å². The molecule has 0 saturated heterocycles. The van der Waals surface area contributed by atoms with Gasteiger partial charge in [-0.15, -0.1) is 0 Å². The summed E-state index contributed by atoms with van der Waals surface area (Å²) in [6, 6.07) is 4.89. The van der Waals surface area contributed by atoms with Crippen molar-refractivity contribution in [3.8, 4) is 0 Å². The first kappa shape index (κ1) is 12.4. The maximum absolute atomic E-state index is 11.6. The van der Waals surface area contributed by atoms with Gasteiger partial charge < -0.3 is 10.2 Å². The lowest BCUT2D eigenvalue weighted by atomic mass is 9.94. The summed E-state index contributed by atoms with van der Waals surface area (Å²) < 4.78 is 0. The van der Waals surface area contributed by atoms with Crippen LogP contribution in [-0.2, 0) is 4.79 Å². The highest BCUT2D eigenvalue weighted by molar-refractivity contribution is 5.98. The van der Waals surface area contributed by atoms with E-state index in [2.05, 4.69) is 0 Å². The molecule has 0 amide bonds. The number of ketones is 1. The third-order valence-corrected chi connectivity index (χ3v) is 2.45. The highest BCUT2D eigenvalue weighted by Crippen LogP contribution is 2.23. The van der Waals surface area contributed by atoms with Gasteiger partial charge in [0.2, 0.25) is 0 Å². The number of aliphatic hydroxyl groups excluding tert-OH is 1. The van der Waals surface area contributed by atoms with Crippen LogP contribution in [0.4, 0.5) is 0 Å². The van der Waals surface area contributed by atoms with E-state index in [1.54, 1.807) is 32.0 Å². The Hall–Kier alpha value is -1.68. The topological polar surface area (TPSA) is 74.6 Å². The van der Waals surface area contributed by atoms with Gasteiger partial charge in [0.15, 0.2) is 11.9 Å². The summed E-state index contributed by atoms with van der Waals surface area (Å²) >= 11 is 0. The van der Waals surface area contributed by atoms with E-state index >= 15 is 0 Å². The largest absolute Gasteiger partial charge is 0.479 e. The SMILES string of the molecule is CCC(=O)c1cccc(C)c1C(O)C(=O)O. The van der Waals surface area contributed by atoms with Gasteiger partial charge in [-0.2, -0.15) is 0 Å². The predicted octanol–water partition coefficient (Wildman–Crippen LogP) is 1.71. The molecule has 1 atom stereocenters. The van der Waals surface area contributed by atoms with E-state index in [9.17, 15) is 14.7 Å². The van der Waals surface area contributed by atoms with E-state index < -0.39 is 12.1 Å². The number of carbonyl (C=O) groups excluding carboxylic acids is 1. The second-order valence-corrected chi connectivity index (χ2v) is 3.55. The molecule has 1 unspecified atom stereocenters. The number of Topliss-reactive ketones (excluding diaryl/α,β-unsaturated/α-hetero) is 1. The fourth-order valence-corrected chi connectivity index (χ4v) is 1.60. The number of aryl methyl sites for hydroxylation is 1. The molecule has 0 saturated carbocycles. The molecule has 0 bridgehead atoms. The van der Waals surface area contributed by atoms with Crippen molar-refractivity contribution in [2.45, 2.75) is 26.4 Å². The summed E-state index contributed by atoms with van der Waals surface area (Å²) in [7, 11) is 0. The minimum absolute atomic E-state index is 0.168. The molecule has 0 aliphatic carbocycles. The molecular weight excluding hydrogens is 208 g/mol. The summed E-state index contributed by atoms with van der Waals surface area (Å²) in [5.41, 5.74) is 1.09. The van der Waals surface area contributed by atoms with Crippen LogP contribution in [0, 0.1) is 6.92 Å². The van der Waals surface area contributed by atoms with Crippen LogP contribution in [0.25, 0.3) is 0 Å². The molecule has 1 aromatic rings. The average Bonchev–Trinajstić information content (AvgIpc) is 2.26. The van der Waals surface area contributed by atoms with Crippen LogP contribution in [0.3, 0.4) is 0 Å². The van der Waals surface area contributed by atoms with Gasteiger partial charge in [-0.3, -0.25) is 4.79 Å². The molecule has 2 N–H and O–H groups in total. The van der Waals surface area contributed by atoms with Crippen LogP contribution < -0.4 is 0 Å². The third kappa shape index (κ3) is 2.28. The minimum atomic E-state index is -1.65. The zero-order valence-corrected chi connectivity index (χ0v) is 9.23. The van der Waals surface area contributed by atoms with Crippen molar-refractivity contribution >= 4 is 11.8 Å². The molecule has 16 heavy (non-hydrogen) atoms. The summed E-state index contributed by atoms with van der Waals surface area (Å²) in [5.74, 6) is -1.52. The molecule has 4 heteroatoms. The van der Waals surface area contributed by atoms with Gasteiger partial charge in [0.05, 0.1) is 0 Å². The molecular formula is C12H14O4. The Morgan fingerprint density at radius 1 is 1.38 bits per heavy atom. The first-order valence-corrected chi connectivity index (χ1v) is 5.02. The second kappa shape index (κ2) is 4.90. The number of carbonyl (C=O) groups is 2. The summed E-state index contributed by atoms with van der Waals surface area (Å²) in [6.07, 6.45) is -1.37. The zero-order chi connectivity index (χ0) is 12.3. The highest BCUT2D eigenvalue weighted by atomic mass is 16.4. The summed E-state index contributed by atoms with van der Waals surface area (Å²) in [6.45, 7) is 3.37. The number of carboxylic acids is 1. The van der Waals surface area contributed by atoms with Crippen molar-refractivity contribution in [1.29, 1.82) is 0 Å². The number of carboxylic acid groups (broad SMARTS) is 1. The van der Waals surface area contributed by atoms with Crippen LogP contribution in [0.1, 0.15) is 40.9 Å². The molecule has 0 radical (unpaired) electrons. The Kier molecular flexibility index (Phi) is 3.79. The average molecular weight is 222 g/mol.